The molecule has 1 atom stereocenters. The van der Waals surface area contributed by atoms with Gasteiger partial charge in [-0.3, -0.25) is 14.9 Å². The van der Waals surface area contributed by atoms with Gasteiger partial charge in [-0.25, -0.2) is 4.79 Å². The number of nitro groups is 1. The Kier molecular flexibility index (Phi) is 5.67. The molecule has 0 aliphatic rings. The molecule has 1 unspecified atom stereocenters. The molecule has 0 bridgehead atoms. The fourth-order valence-corrected chi connectivity index (χ4v) is 2.25. The Bertz CT molecular complexity index is 763. The molecule has 0 radical (unpaired) electrons. The fourth-order valence-electron chi connectivity index (χ4n) is 2.25. The average molecular weight is 345 g/mol. The van der Waals surface area contributed by atoms with Gasteiger partial charge < -0.3 is 14.2 Å². The van der Waals surface area contributed by atoms with Crippen molar-refractivity contribution in [2.45, 2.75) is 12.3 Å². The highest BCUT2D eigenvalue weighted by molar-refractivity contribution is 5.81. The Hall–Kier alpha value is -3.42. The van der Waals surface area contributed by atoms with Gasteiger partial charge in [-0.1, -0.05) is 42.5 Å². The third-order valence-electron chi connectivity index (χ3n) is 3.44. The van der Waals surface area contributed by atoms with E-state index in [0.717, 1.165) is 0 Å². The molecule has 8 nitrogen and oxygen atoms in total. The minimum atomic E-state index is -2.86. The molecule has 130 valence electrons. The van der Waals surface area contributed by atoms with Crippen molar-refractivity contribution in [1.29, 1.82) is 0 Å². The number of methoxy groups -OCH3 is 1. The van der Waals surface area contributed by atoms with E-state index in [-0.39, 0.29) is 24.4 Å². The van der Waals surface area contributed by atoms with Crippen LogP contribution in [0.2, 0.25) is 0 Å². The van der Waals surface area contributed by atoms with Crippen molar-refractivity contribution in [2.24, 2.45) is 0 Å². The number of esters is 1. The van der Waals surface area contributed by atoms with Crippen molar-refractivity contribution < 1.29 is 28.7 Å². The molecule has 0 saturated heterocycles. The summed E-state index contributed by atoms with van der Waals surface area (Å²) in [5.74, 6) is -1.32. The van der Waals surface area contributed by atoms with E-state index in [0.29, 0.717) is 5.56 Å². The lowest BCUT2D eigenvalue weighted by molar-refractivity contribution is -0.614. The minimum Gasteiger partial charge on any atom is -0.496 e. The van der Waals surface area contributed by atoms with Gasteiger partial charge in [0.15, 0.2) is 0 Å². The summed E-state index contributed by atoms with van der Waals surface area (Å²) in [6, 6.07) is 14.3. The second-order valence-electron chi connectivity index (χ2n) is 4.88. The highest BCUT2D eigenvalue weighted by Gasteiger charge is 2.60. The molecule has 2 aromatic rings. The van der Waals surface area contributed by atoms with Gasteiger partial charge in [0, 0.05) is 0 Å². The monoisotopic (exact) mass is 345 g/mol. The smallest absolute Gasteiger partial charge is 0.493 e. The number of ether oxygens (including phenoxy) is 3. The van der Waals surface area contributed by atoms with Crippen molar-refractivity contribution in [2.75, 3.05) is 7.11 Å². The summed E-state index contributed by atoms with van der Waals surface area (Å²) in [6.07, 6.45) is 0. The van der Waals surface area contributed by atoms with Crippen molar-refractivity contribution in [3.05, 3.63) is 75.8 Å². The minimum absolute atomic E-state index is 0.0118. The number of benzene rings is 2. The zero-order chi connectivity index (χ0) is 18.3. The molecule has 2 rings (SSSR count). The van der Waals surface area contributed by atoms with Crippen molar-refractivity contribution >= 4 is 12.4 Å². The maximum absolute atomic E-state index is 12.5. The van der Waals surface area contributed by atoms with E-state index in [1.807, 2.05) is 0 Å². The Morgan fingerprint density at radius 2 is 1.80 bits per heavy atom. The number of rotatable bonds is 8. The van der Waals surface area contributed by atoms with Crippen LogP contribution in [0.3, 0.4) is 0 Å². The summed E-state index contributed by atoms with van der Waals surface area (Å²) in [5, 5.41) is 11.7. The van der Waals surface area contributed by atoms with E-state index >= 15 is 0 Å². The normalized spacial score (nSPS) is 12.5. The largest absolute Gasteiger partial charge is 0.496 e. The van der Waals surface area contributed by atoms with E-state index in [1.54, 1.807) is 36.4 Å². The number of carbonyl (C=O) groups excluding carboxylic acids is 2. The Morgan fingerprint density at radius 1 is 1.16 bits per heavy atom. The summed E-state index contributed by atoms with van der Waals surface area (Å²) in [5.41, 5.74) is -2.48. The van der Waals surface area contributed by atoms with E-state index in [9.17, 15) is 19.7 Å². The van der Waals surface area contributed by atoms with Crippen molar-refractivity contribution in [3.8, 4) is 5.75 Å². The van der Waals surface area contributed by atoms with Crippen LogP contribution in [0.25, 0.3) is 0 Å². The first-order valence-corrected chi connectivity index (χ1v) is 7.17. The molecule has 0 N–H and O–H groups in total. The molecule has 2 aromatic carbocycles. The second kappa shape index (κ2) is 7.91. The van der Waals surface area contributed by atoms with Gasteiger partial charge in [-0.2, -0.15) is 0 Å². The predicted molar refractivity (Wildman–Crippen MR) is 85.1 cm³/mol. The maximum atomic E-state index is 12.5. The van der Waals surface area contributed by atoms with Crippen LogP contribution in [0.5, 0.6) is 5.75 Å². The van der Waals surface area contributed by atoms with Crippen LogP contribution in [0, 0.1) is 10.1 Å². The molecule has 0 fully saturated rings. The molecule has 8 heteroatoms. The lowest BCUT2D eigenvalue weighted by Crippen LogP contribution is -2.47. The van der Waals surface area contributed by atoms with Gasteiger partial charge in [-0.15, -0.1) is 0 Å². The standard InChI is InChI=1S/C17H15NO7/c1-23-15-10-6-5-9-14(15)17(18(21)22,25-12-19)16(20)24-11-13-7-3-2-4-8-13/h2-10,12H,11H2,1H3. The number of hydrogen-bond donors (Lipinski definition) is 0. The molecule has 0 saturated carbocycles. The first-order valence-electron chi connectivity index (χ1n) is 7.17. The van der Waals surface area contributed by atoms with Crippen molar-refractivity contribution in [1.82, 2.24) is 0 Å². The van der Waals surface area contributed by atoms with Crippen LogP contribution in [0.1, 0.15) is 11.1 Å². The molecule has 0 heterocycles. The third-order valence-corrected chi connectivity index (χ3v) is 3.44. The number of hydrogen-bond acceptors (Lipinski definition) is 7. The third kappa shape index (κ3) is 3.57. The average Bonchev–Trinajstić information content (AvgIpc) is 2.64. The fraction of sp³-hybridized carbons (Fsp3) is 0.176. The molecule has 0 aromatic heterocycles. The zero-order valence-corrected chi connectivity index (χ0v) is 13.3. The van der Waals surface area contributed by atoms with Crippen LogP contribution in [0.15, 0.2) is 54.6 Å². The van der Waals surface area contributed by atoms with Crippen molar-refractivity contribution in [3.63, 3.8) is 0 Å². The Labute approximate surface area is 143 Å². The molecule has 0 amide bonds. The number of nitrogens with zero attached hydrogens (tertiary/aromatic N) is 1. The highest BCUT2D eigenvalue weighted by Crippen LogP contribution is 2.34. The molecule has 0 spiro atoms. The predicted octanol–water partition coefficient (Wildman–Crippen LogP) is 2.04. The number of para-hydroxylation sites is 1. The van der Waals surface area contributed by atoms with Gasteiger partial charge in [0.25, 0.3) is 6.47 Å². The summed E-state index contributed by atoms with van der Waals surface area (Å²) in [6.45, 7) is -0.383. The van der Waals surface area contributed by atoms with Crippen LogP contribution in [-0.2, 0) is 31.4 Å². The van der Waals surface area contributed by atoms with Crippen LogP contribution < -0.4 is 4.74 Å². The first kappa shape index (κ1) is 17.9. The molecule has 0 aliphatic heterocycles. The molecule has 25 heavy (non-hydrogen) atoms. The molecule has 0 aliphatic carbocycles. The summed E-state index contributed by atoms with van der Waals surface area (Å²) in [7, 11) is 1.28. The quantitative estimate of drug-likeness (QED) is 0.237. The molecular formula is C17H15NO7. The van der Waals surface area contributed by atoms with Gasteiger partial charge in [0.1, 0.15) is 17.9 Å². The lowest BCUT2D eigenvalue weighted by atomic mass is 10.0. The maximum Gasteiger partial charge on any atom is 0.493 e. The SMILES string of the molecule is COc1ccccc1C(OC=O)(C(=O)OCc1ccccc1)[N+](=O)[O-]. The van der Waals surface area contributed by atoms with Crippen LogP contribution >= 0.6 is 0 Å². The second-order valence-corrected chi connectivity index (χ2v) is 4.88. The Morgan fingerprint density at radius 3 is 2.40 bits per heavy atom. The zero-order valence-electron chi connectivity index (χ0n) is 13.3. The van der Waals surface area contributed by atoms with Crippen LogP contribution in [0.4, 0.5) is 0 Å². The number of carbonyl (C=O) groups is 2. The summed E-state index contributed by atoms with van der Waals surface area (Å²) >= 11 is 0. The topological polar surface area (TPSA) is 105 Å². The first-order chi connectivity index (χ1) is 12.1. The highest BCUT2D eigenvalue weighted by atomic mass is 16.7. The van der Waals surface area contributed by atoms with E-state index in [1.165, 1.54) is 25.3 Å². The summed E-state index contributed by atoms with van der Waals surface area (Å²) < 4.78 is 14.7. The van der Waals surface area contributed by atoms with E-state index < -0.39 is 16.6 Å². The Balaban J connectivity index is 2.42. The molecular weight excluding hydrogens is 330 g/mol. The van der Waals surface area contributed by atoms with Crippen LogP contribution in [-0.4, -0.2) is 24.5 Å². The lowest BCUT2D eigenvalue weighted by Gasteiger charge is -2.22. The van der Waals surface area contributed by atoms with Gasteiger partial charge in [0.2, 0.25) is 0 Å². The van der Waals surface area contributed by atoms with Gasteiger partial charge >= 0.3 is 11.7 Å². The van der Waals surface area contributed by atoms with Gasteiger partial charge in [-0.05, 0) is 17.7 Å². The van der Waals surface area contributed by atoms with E-state index in [2.05, 4.69) is 4.74 Å². The van der Waals surface area contributed by atoms with E-state index in [4.69, 9.17) is 9.47 Å². The summed E-state index contributed by atoms with van der Waals surface area (Å²) in [4.78, 5) is 34.1. The van der Waals surface area contributed by atoms with Gasteiger partial charge in [0.05, 0.1) is 12.0 Å².